The normalized spacial score (nSPS) is 22.4. The zero-order valence-corrected chi connectivity index (χ0v) is 12.9. The van der Waals surface area contributed by atoms with E-state index in [2.05, 4.69) is 10.3 Å². The van der Waals surface area contributed by atoms with Crippen molar-refractivity contribution >= 4 is 33.1 Å². The van der Waals surface area contributed by atoms with Gasteiger partial charge in [0.05, 0.1) is 5.69 Å². The highest BCUT2D eigenvalue weighted by molar-refractivity contribution is 7.21. The first kappa shape index (κ1) is 14.3. The number of hydrogen-bond acceptors (Lipinski definition) is 5. The van der Waals surface area contributed by atoms with Crippen LogP contribution in [-0.4, -0.2) is 23.0 Å². The van der Waals surface area contributed by atoms with Gasteiger partial charge in [0.15, 0.2) is 0 Å². The lowest BCUT2D eigenvalue weighted by molar-refractivity contribution is 0.0926. The molecular formula is C15H20N4OS. The van der Waals surface area contributed by atoms with Crippen LogP contribution in [0.5, 0.6) is 0 Å². The monoisotopic (exact) mass is 304 g/mol. The van der Waals surface area contributed by atoms with Crippen LogP contribution in [0.15, 0.2) is 12.1 Å². The number of nitrogens with two attached hydrogens (primary N) is 2. The lowest BCUT2D eigenvalue weighted by atomic mass is 9.91. The number of carbonyl (C=O) groups excluding carboxylic acids is 1. The number of anilines is 1. The van der Waals surface area contributed by atoms with Gasteiger partial charge in [0.1, 0.15) is 9.71 Å². The predicted octanol–water partition coefficient (Wildman–Crippen LogP) is 2.19. The summed E-state index contributed by atoms with van der Waals surface area (Å²) in [5, 5.41) is 3.89. The average molecular weight is 304 g/mol. The van der Waals surface area contributed by atoms with Gasteiger partial charge in [-0.1, -0.05) is 12.8 Å². The molecule has 3 rings (SSSR count). The number of nitrogen functional groups attached to an aromatic ring is 1. The van der Waals surface area contributed by atoms with E-state index >= 15 is 0 Å². The Balaban J connectivity index is 1.85. The second-order valence-electron chi connectivity index (χ2n) is 5.68. The number of fused-ring (bicyclic) bond motifs is 1. The zero-order chi connectivity index (χ0) is 15.0. The van der Waals surface area contributed by atoms with E-state index in [9.17, 15) is 4.79 Å². The van der Waals surface area contributed by atoms with E-state index in [1.54, 1.807) is 0 Å². The molecule has 0 radical (unpaired) electrons. The maximum Gasteiger partial charge on any atom is 0.263 e. The number of aryl methyl sites for hydroxylation is 1. The molecule has 1 amide bonds. The van der Waals surface area contributed by atoms with Gasteiger partial charge in [0, 0.05) is 23.2 Å². The lowest BCUT2D eigenvalue weighted by Gasteiger charge is -2.29. The summed E-state index contributed by atoms with van der Waals surface area (Å²) in [7, 11) is 0. The highest BCUT2D eigenvalue weighted by Crippen LogP contribution is 2.32. The van der Waals surface area contributed by atoms with E-state index < -0.39 is 0 Å². The molecule has 0 saturated heterocycles. The van der Waals surface area contributed by atoms with Crippen LogP contribution in [0.4, 0.5) is 5.69 Å². The number of carbonyl (C=O) groups is 1. The number of thiophene rings is 1. The summed E-state index contributed by atoms with van der Waals surface area (Å²) in [4.78, 5) is 18.3. The smallest absolute Gasteiger partial charge is 0.263 e. The molecule has 0 aliphatic heterocycles. The number of rotatable bonds is 2. The van der Waals surface area contributed by atoms with E-state index in [1.165, 1.54) is 11.3 Å². The van der Waals surface area contributed by atoms with Crippen LogP contribution in [0.2, 0.25) is 0 Å². The molecule has 2 aromatic heterocycles. The summed E-state index contributed by atoms with van der Waals surface area (Å²) in [6, 6.07) is 3.92. The van der Waals surface area contributed by atoms with Crippen molar-refractivity contribution in [1.82, 2.24) is 10.3 Å². The minimum Gasteiger partial charge on any atom is -0.397 e. The van der Waals surface area contributed by atoms with Crippen molar-refractivity contribution in [2.45, 2.75) is 44.7 Å². The Bertz CT molecular complexity index is 682. The van der Waals surface area contributed by atoms with Crippen LogP contribution in [0, 0.1) is 6.92 Å². The molecule has 6 heteroatoms. The fraction of sp³-hybridized carbons (Fsp3) is 0.467. The number of amides is 1. The summed E-state index contributed by atoms with van der Waals surface area (Å²) >= 11 is 1.35. The first-order valence-electron chi connectivity index (χ1n) is 7.28. The molecule has 2 atom stereocenters. The summed E-state index contributed by atoms with van der Waals surface area (Å²) < 4.78 is 0. The van der Waals surface area contributed by atoms with E-state index in [4.69, 9.17) is 11.5 Å². The highest BCUT2D eigenvalue weighted by Gasteiger charge is 2.25. The molecule has 21 heavy (non-hydrogen) atoms. The first-order valence-corrected chi connectivity index (χ1v) is 8.10. The molecule has 5 nitrogen and oxygen atoms in total. The fourth-order valence-electron chi connectivity index (χ4n) is 2.83. The minimum atomic E-state index is -0.129. The molecule has 2 heterocycles. The predicted molar refractivity (Wildman–Crippen MR) is 86.5 cm³/mol. The van der Waals surface area contributed by atoms with Crippen molar-refractivity contribution in [3.05, 3.63) is 22.7 Å². The van der Waals surface area contributed by atoms with Crippen molar-refractivity contribution < 1.29 is 4.79 Å². The van der Waals surface area contributed by atoms with Crippen LogP contribution in [0.1, 0.15) is 41.0 Å². The number of aromatic nitrogens is 1. The lowest BCUT2D eigenvalue weighted by Crippen LogP contribution is -2.49. The van der Waals surface area contributed by atoms with Crippen molar-refractivity contribution in [3.8, 4) is 0 Å². The Morgan fingerprint density at radius 1 is 1.38 bits per heavy atom. The number of pyridine rings is 1. The third-order valence-electron chi connectivity index (χ3n) is 4.08. The molecule has 0 bridgehead atoms. The minimum absolute atomic E-state index is 0.0404. The molecule has 1 aliphatic carbocycles. The maximum atomic E-state index is 12.5. The summed E-state index contributed by atoms with van der Waals surface area (Å²) in [6.07, 6.45) is 4.16. The molecule has 1 fully saturated rings. The van der Waals surface area contributed by atoms with Crippen molar-refractivity contribution in [1.29, 1.82) is 0 Å². The Labute approximate surface area is 127 Å². The largest absolute Gasteiger partial charge is 0.397 e. The van der Waals surface area contributed by atoms with Crippen LogP contribution < -0.4 is 16.8 Å². The third kappa shape index (κ3) is 2.73. The van der Waals surface area contributed by atoms with E-state index in [0.29, 0.717) is 10.6 Å². The van der Waals surface area contributed by atoms with Gasteiger partial charge >= 0.3 is 0 Å². The van der Waals surface area contributed by atoms with Crippen molar-refractivity contribution in [2.24, 2.45) is 5.73 Å². The van der Waals surface area contributed by atoms with Crippen LogP contribution in [-0.2, 0) is 0 Å². The van der Waals surface area contributed by atoms with Gasteiger partial charge in [-0.25, -0.2) is 4.98 Å². The molecule has 5 N–H and O–H groups in total. The third-order valence-corrected chi connectivity index (χ3v) is 5.19. The van der Waals surface area contributed by atoms with Gasteiger partial charge in [-0.15, -0.1) is 11.3 Å². The summed E-state index contributed by atoms with van der Waals surface area (Å²) in [5.74, 6) is -0.129. The first-order chi connectivity index (χ1) is 10.1. The second-order valence-corrected chi connectivity index (χ2v) is 6.68. The second kappa shape index (κ2) is 5.61. The maximum absolute atomic E-state index is 12.5. The topological polar surface area (TPSA) is 94.0 Å². The van der Waals surface area contributed by atoms with Gasteiger partial charge in [-0.3, -0.25) is 4.79 Å². The quantitative estimate of drug-likeness (QED) is 0.792. The Morgan fingerprint density at radius 3 is 2.90 bits per heavy atom. The van der Waals surface area contributed by atoms with Crippen LogP contribution in [0.25, 0.3) is 10.2 Å². The van der Waals surface area contributed by atoms with Gasteiger partial charge < -0.3 is 16.8 Å². The van der Waals surface area contributed by atoms with Crippen molar-refractivity contribution in [2.75, 3.05) is 5.73 Å². The standard InChI is InChI=1S/C15H20N4OS/c1-8-6-7-9-12(17)13(21-15(9)18-8)14(20)19-11-5-3-2-4-10(11)16/h6-7,10-11H,2-5,16-17H2,1H3,(H,19,20). The van der Waals surface area contributed by atoms with Crippen LogP contribution in [0.3, 0.4) is 0 Å². The fourth-order valence-corrected chi connectivity index (χ4v) is 3.87. The zero-order valence-electron chi connectivity index (χ0n) is 12.1. The van der Waals surface area contributed by atoms with Crippen LogP contribution >= 0.6 is 11.3 Å². The van der Waals surface area contributed by atoms with E-state index in [1.807, 2.05) is 19.1 Å². The molecule has 1 saturated carbocycles. The van der Waals surface area contributed by atoms with E-state index in [0.717, 1.165) is 41.6 Å². The summed E-state index contributed by atoms with van der Waals surface area (Å²) in [5.41, 5.74) is 13.6. The average Bonchev–Trinajstić information content (AvgIpc) is 2.78. The Kier molecular flexibility index (Phi) is 3.82. The van der Waals surface area contributed by atoms with Crippen molar-refractivity contribution in [3.63, 3.8) is 0 Å². The molecule has 2 unspecified atom stereocenters. The molecule has 2 aromatic rings. The molecule has 0 aromatic carbocycles. The molecule has 1 aliphatic rings. The van der Waals surface area contributed by atoms with Gasteiger partial charge in [0.2, 0.25) is 0 Å². The molecular weight excluding hydrogens is 284 g/mol. The highest BCUT2D eigenvalue weighted by atomic mass is 32.1. The molecule has 0 spiro atoms. The summed E-state index contributed by atoms with van der Waals surface area (Å²) in [6.45, 7) is 1.93. The Morgan fingerprint density at radius 2 is 2.14 bits per heavy atom. The molecule has 112 valence electrons. The van der Waals surface area contributed by atoms with Gasteiger partial charge in [-0.2, -0.15) is 0 Å². The number of nitrogens with zero attached hydrogens (tertiary/aromatic N) is 1. The van der Waals surface area contributed by atoms with E-state index in [-0.39, 0.29) is 18.0 Å². The number of hydrogen-bond donors (Lipinski definition) is 3. The Hall–Kier alpha value is -1.66. The SMILES string of the molecule is Cc1ccc2c(N)c(C(=O)NC3CCCCC3N)sc2n1. The number of nitrogens with one attached hydrogen (secondary N) is 1. The van der Waals surface area contributed by atoms with Gasteiger partial charge in [-0.05, 0) is 31.9 Å². The van der Waals surface area contributed by atoms with Gasteiger partial charge in [0.25, 0.3) is 5.91 Å².